The molecule has 3 rings (SSSR count). The predicted molar refractivity (Wildman–Crippen MR) is 94.4 cm³/mol. The topological polar surface area (TPSA) is 80.2 Å². The molecule has 0 spiro atoms. The highest BCUT2D eigenvalue weighted by Crippen LogP contribution is 2.31. The Morgan fingerprint density at radius 1 is 1.12 bits per heavy atom. The lowest BCUT2D eigenvalue weighted by Crippen LogP contribution is -2.20. The number of carbonyl (C=O) groups excluding carboxylic acids is 1. The monoisotopic (exact) mass is 338 g/mol. The molecule has 1 amide bonds. The molecule has 2 aromatic carbocycles. The first-order chi connectivity index (χ1) is 12.3. The van der Waals surface area contributed by atoms with Crippen LogP contribution in [0.5, 0.6) is 11.5 Å². The molecule has 0 aliphatic carbocycles. The summed E-state index contributed by atoms with van der Waals surface area (Å²) in [6.45, 7) is 0.0967. The minimum absolute atomic E-state index is 0.113. The highest BCUT2D eigenvalue weighted by atomic mass is 16.7. The third kappa shape index (κ3) is 4.45. The molecule has 1 aliphatic heterocycles. The van der Waals surface area contributed by atoms with E-state index in [1.165, 1.54) is 6.21 Å². The van der Waals surface area contributed by atoms with Gasteiger partial charge in [0.25, 0.3) is 5.91 Å². The zero-order valence-electron chi connectivity index (χ0n) is 13.5. The lowest BCUT2D eigenvalue weighted by Gasteiger charge is -2.05. The zero-order valence-corrected chi connectivity index (χ0v) is 13.5. The van der Waals surface area contributed by atoms with Crippen LogP contribution in [0.3, 0.4) is 0 Å². The number of hydrazone groups is 1. The van der Waals surface area contributed by atoms with E-state index in [1.807, 2.05) is 36.4 Å². The van der Waals surface area contributed by atoms with Crippen LogP contribution in [0.25, 0.3) is 6.08 Å². The maximum atomic E-state index is 12.3. The van der Waals surface area contributed by atoms with E-state index in [4.69, 9.17) is 9.47 Å². The molecule has 2 aromatic rings. The lowest BCUT2D eigenvalue weighted by molar-refractivity contribution is -0.117. The average Bonchev–Trinajstić information content (AvgIpc) is 3.10. The molecule has 25 heavy (non-hydrogen) atoms. The number of ether oxygens (including phenoxy) is 2. The Kier molecular flexibility index (Phi) is 5.43. The van der Waals surface area contributed by atoms with E-state index < -0.39 is 0 Å². The van der Waals surface area contributed by atoms with Crippen molar-refractivity contribution in [2.24, 2.45) is 5.10 Å². The number of carbonyl (C=O) groups is 1. The number of nitrogens with zero attached hydrogens (tertiary/aromatic N) is 1. The van der Waals surface area contributed by atoms with Crippen molar-refractivity contribution in [1.82, 2.24) is 5.43 Å². The Bertz CT molecular complexity index is 800. The second-order valence-corrected chi connectivity index (χ2v) is 5.37. The number of fused-ring (bicyclic) bond motifs is 1. The molecule has 1 aliphatic rings. The standard InChI is InChI=1S/C19H18N2O4/c22-9-8-16(10-14-4-2-1-3-5-14)19(23)21-20-12-15-6-7-17-18(11-15)25-13-24-17/h1-7,10-12,22H,8-9,13H2,(H,21,23)/b16-10-,20-12-. The van der Waals surface area contributed by atoms with Crippen molar-refractivity contribution in [1.29, 1.82) is 0 Å². The Hall–Kier alpha value is -3.12. The quantitative estimate of drug-likeness (QED) is 0.481. The van der Waals surface area contributed by atoms with E-state index in [9.17, 15) is 9.90 Å². The van der Waals surface area contributed by atoms with Gasteiger partial charge in [-0.1, -0.05) is 30.3 Å². The normalized spacial score (nSPS) is 13.2. The molecule has 0 saturated heterocycles. The van der Waals surface area contributed by atoms with Crippen LogP contribution in [0, 0.1) is 0 Å². The molecular weight excluding hydrogens is 320 g/mol. The van der Waals surface area contributed by atoms with E-state index in [0.29, 0.717) is 17.1 Å². The molecule has 0 bridgehead atoms. The van der Waals surface area contributed by atoms with Crippen LogP contribution in [0.4, 0.5) is 0 Å². The number of rotatable bonds is 6. The first-order valence-electron chi connectivity index (χ1n) is 7.86. The summed E-state index contributed by atoms with van der Waals surface area (Å²) in [5.74, 6) is 0.993. The van der Waals surface area contributed by atoms with Gasteiger partial charge >= 0.3 is 0 Å². The largest absolute Gasteiger partial charge is 0.454 e. The van der Waals surface area contributed by atoms with Crippen molar-refractivity contribution in [2.45, 2.75) is 6.42 Å². The zero-order chi connectivity index (χ0) is 17.5. The summed E-state index contributed by atoms with van der Waals surface area (Å²) in [5.41, 5.74) is 4.61. The number of benzene rings is 2. The molecule has 0 aromatic heterocycles. The van der Waals surface area contributed by atoms with Crippen molar-refractivity contribution in [3.63, 3.8) is 0 Å². The summed E-state index contributed by atoms with van der Waals surface area (Å²) in [7, 11) is 0. The third-order valence-electron chi connectivity index (χ3n) is 3.59. The minimum Gasteiger partial charge on any atom is -0.454 e. The van der Waals surface area contributed by atoms with Gasteiger partial charge in [-0.05, 0) is 35.4 Å². The summed E-state index contributed by atoms with van der Waals surface area (Å²) in [6.07, 6.45) is 3.51. The summed E-state index contributed by atoms with van der Waals surface area (Å²) < 4.78 is 10.5. The molecule has 0 radical (unpaired) electrons. The minimum atomic E-state index is -0.352. The Balaban J connectivity index is 1.66. The number of aliphatic hydroxyl groups is 1. The molecule has 1 heterocycles. The Morgan fingerprint density at radius 3 is 2.72 bits per heavy atom. The van der Waals surface area contributed by atoms with Crippen LogP contribution >= 0.6 is 0 Å². The highest BCUT2D eigenvalue weighted by Gasteiger charge is 2.12. The molecule has 128 valence electrons. The Labute approximate surface area is 145 Å². The van der Waals surface area contributed by atoms with E-state index in [-0.39, 0.29) is 25.7 Å². The van der Waals surface area contributed by atoms with Gasteiger partial charge in [0.1, 0.15) is 0 Å². The number of amides is 1. The van der Waals surface area contributed by atoms with Gasteiger partial charge in [-0.25, -0.2) is 5.43 Å². The molecule has 0 unspecified atom stereocenters. The van der Waals surface area contributed by atoms with Crippen LogP contribution in [-0.4, -0.2) is 30.6 Å². The van der Waals surface area contributed by atoms with E-state index in [0.717, 1.165) is 11.1 Å². The summed E-state index contributed by atoms with van der Waals surface area (Å²) in [4.78, 5) is 12.3. The Morgan fingerprint density at radius 2 is 1.92 bits per heavy atom. The molecular formula is C19H18N2O4. The first kappa shape index (κ1) is 16.7. The van der Waals surface area contributed by atoms with E-state index in [1.54, 1.807) is 18.2 Å². The van der Waals surface area contributed by atoms with Gasteiger partial charge in [-0.15, -0.1) is 0 Å². The van der Waals surface area contributed by atoms with Crippen LogP contribution < -0.4 is 14.9 Å². The summed E-state index contributed by atoms with van der Waals surface area (Å²) >= 11 is 0. The third-order valence-corrected chi connectivity index (χ3v) is 3.59. The fourth-order valence-electron chi connectivity index (χ4n) is 2.35. The molecule has 0 atom stereocenters. The van der Waals surface area contributed by atoms with Gasteiger partial charge in [-0.3, -0.25) is 4.79 Å². The van der Waals surface area contributed by atoms with E-state index >= 15 is 0 Å². The number of hydrogen-bond donors (Lipinski definition) is 2. The van der Waals surface area contributed by atoms with E-state index in [2.05, 4.69) is 10.5 Å². The van der Waals surface area contributed by atoms with Gasteiger partial charge < -0.3 is 14.6 Å². The fraction of sp³-hybridized carbons (Fsp3) is 0.158. The average molecular weight is 338 g/mol. The maximum Gasteiger partial charge on any atom is 0.267 e. The van der Waals surface area contributed by atoms with Crippen molar-refractivity contribution in [3.8, 4) is 11.5 Å². The molecule has 0 saturated carbocycles. The number of aliphatic hydroxyl groups excluding tert-OH is 1. The predicted octanol–water partition coefficient (Wildman–Crippen LogP) is 2.33. The smallest absolute Gasteiger partial charge is 0.267 e. The van der Waals surface area contributed by atoms with Crippen molar-refractivity contribution < 1.29 is 19.4 Å². The molecule has 2 N–H and O–H groups in total. The van der Waals surface area contributed by atoms with Crippen molar-refractivity contribution in [3.05, 3.63) is 65.2 Å². The van der Waals surface area contributed by atoms with Crippen molar-refractivity contribution in [2.75, 3.05) is 13.4 Å². The van der Waals surface area contributed by atoms with Crippen LogP contribution in [0.2, 0.25) is 0 Å². The second-order valence-electron chi connectivity index (χ2n) is 5.37. The molecule has 0 fully saturated rings. The van der Waals surface area contributed by atoms with Crippen LogP contribution in [0.1, 0.15) is 17.5 Å². The number of hydrogen-bond acceptors (Lipinski definition) is 5. The van der Waals surface area contributed by atoms with Gasteiger partial charge in [0.05, 0.1) is 6.21 Å². The second kappa shape index (κ2) is 8.12. The summed E-state index contributed by atoms with van der Waals surface area (Å²) in [6, 6.07) is 14.8. The van der Waals surface area contributed by atoms with Gasteiger partial charge in [0, 0.05) is 18.6 Å². The first-order valence-corrected chi connectivity index (χ1v) is 7.86. The van der Waals surface area contributed by atoms with Crippen LogP contribution in [-0.2, 0) is 4.79 Å². The fourth-order valence-corrected chi connectivity index (χ4v) is 2.35. The van der Waals surface area contributed by atoms with Gasteiger partial charge in [0.2, 0.25) is 6.79 Å². The molecule has 6 nitrogen and oxygen atoms in total. The van der Waals surface area contributed by atoms with Gasteiger partial charge in [0.15, 0.2) is 11.5 Å². The maximum absolute atomic E-state index is 12.3. The summed E-state index contributed by atoms with van der Waals surface area (Å²) in [5, 5.41) is 13.1. The van der Waals surface area contributed by atoms with Gasteiger partial charge in [-0.2, -0.15) is 5.10 Å². The molecule has 6 heteroatoms. The number of nitrogens with one attached hydrogen (secondary N) is 1. The highest BCUT2D eigenvalue weighted by molar-refractivity contribution is 5.98. The SMILES string of the molecule is O=C(N/N=C\c1ccc2c(c1)OCO2)/C(=C\c1ccccc1)CCO. The lowest BCUT2D eigenvalue weighted by atomic mass is 10.1. The van der Waals surface area contributed by atoms with Crippen molar-refractivity contribution >= 4 is 18.2 Å². The van der Waals surface area contributed by atoms with Crippen LogP contribution in [0.15, 0.2) is 59.2 Å².